The lowest BCUT2D eigenvalue weighted by molar-refractivity contribution is -0.139. The molecule has 0 heterocycles. The molecule has 0 saturated heterocycles. The van der Waals surface area contributed by atoms with Crippen molar-refractivity contribution >= 4 is 11.9 Å². The maximum atomic E-state index is 12.3. The van der Waals surface area contributed by atoms with E-state index >= 15 is 0 Å². The number of carbonyl (C=O) groups excluding carboxylic acids is 1. The van der Waals surface area contributed by atoms with Crippen LogP contribution in [0, 0.1) is 12.8 Å². The summed E-state index contributed by atoms with van der Waals surface area (Å²) in [6.07, 6.45) is 3.90. The molecule has 2 fully saturated rings. The Kier molecular flexibility index (Phi) is 4.76. The Morgan fingerprint density at radius 3 is 2.62 bits per heavy atom. The smallest absolute Gasteiger partial charge is 0.317 e. The molecular formula is C18H24N2O4. The summed E-state index contributed by atoms with van der Waals surface area (Å²) in [6.45, 7) is 2.79. The molecule has 1 aromatic rings. The molecule has 0 radical (unpaired) electrons. The number of carboxylic acid groups (broad SMARTS) is 1. The highest BCUT2D eigenvalue weighted by atomic mass is 16.4. The lowest BCUT2D eigenvalue weighted by atomic mass is 9.85. The Morgan fingerprint density at radius 2 is 2.00 bits per heavy atom. The molecule has 0 spiro atoms. The predicted octanol–water partition coefficient (Wildman–Crippen LogP) is 1.76. The number of rotatable bonds is 7. The molecule has 2 aliphatic carbocycles. The van der Waals surface area contributed by atoms with Gasteiger partial charge in [0.25, 0.3) is 5.91 Å². The molecule has 1 aromatic carbocycles. The number of carbonyl (C=O) groups is 2. The second kappa shape index (κ2) is 6.81. The maximum absolute atomic E-state index is 12.3. The van der Waals surface area contributed by atoms with Crippen molar-refractivity contribution in [2.75, 3.05) is 13.1 Å². The van der Waals surface area contributed by atoms with E-state index in [0.717, 1.165) is 24.9 Å². The van der Waals surface area contributed by atoms with Crippen LogP contribution in [0.2, 0.25) is 0 Å². The van der Waals surface area contributed by atoms with Crippen LogP contribution in [-0.4, -0.2) is 52.2 Å². The van der Waals surface area contributed by atoms with E-state index in [1.165, 1.54) is 18.9 Å². The SMILES string of the molecule is Cc1ccc(O)c(C(=O)NC2CC(N(CC(=O)O)CC3CC3)C2)c1. The van der Waals surface area contributed by atoms with E-state index in [-0.39, 0.29) is 30.3 Å². The zero-order valence-corrected chi connectivity index (χ0v) is 13.9. The third kappa shape index (κ3) is 4.06. The molecule has 2 saturated carbocycles. The van der Waals surface area contributed by atoms with E-state index in [1.54, 1.807) is 12.1 Å². The molecule has 1 amide bonds. The van der Waals surface area contributed by atoms with E-state index in [1.807, 2.05) is 11.8 Å². The second-order valence-corrected chi connectivity index (χ2v) is 7.08. The molecule has 0 atom stereocenters. The maximum Gasteiger partial charge on any atom is 0.317 e. The lowest BCUT2D eigenvalue weighted by Gasteiger charge is -2.42. The van der Waals surface area contributed by atoms with Gasteiger partial charge >= 0.3 is 5.97 Å². The van der Waals surface area contributed by atoms with Crippen molar-refractivity contribution in [3.8, 4) is 5.75 Å². The van der Waals surface area contributed by atoms with Crippen LogP contribution in [0.1, 0.15) is 41.6 Å². The zero-order chi connectivity index (χ0) is 17.3. The monoisotopic (exact) mass is 332 g/mol. The summed E-state index contributed by atoms with van der Waals surface area (Å²) in [5.41, 5.74) is 1.21. The van der Waals surface area contributed by atoms with Gasteiger partial charge in [-0.3, -0.25) is 14.5 Å². The van der Waals surface area contributed by atoms with E-state index in [9.17, 15) is 14.7 Å². The normalized spacial score (nSPS) is 22.9. The number of nitrogens with zero attached hydrogens (tertiary/aromatic N) is 1. The number of aliphatic carboxylic acids is 1. The van der Waals surface area contributed by atoms with E-state index in [4.69, 9.17) is 5.11 Å². The average molecular weight is 332 g/mol. The van der Waals surface area contributed by atoms with Gasteiger partial charge in [0.2, 0.25) is 0 Å². The summed E-state index contributed by atoms with van der Waals surface area (Å²) in [5, 5.41) is 21.8. The quantitative estimate of drug-likeness (QED) is 0.708. The van der Waals surface area contributed by atoms with Gasteiger partial charge in [0, 0.05) is 18.6 Å². The third-order valence-corrected chi connectivity index (χ3v) is 4.89. The van der Waals surface area contributed by atoms with Crippen molar-refractivity contribution in [1.29, 1.82) is 0 Å². The number of phenols is 1. The van der Waals surface area contributed by atoms with Crippen LogP contribution in [0.25, 0.3) is 0 Å². The number of hydrogen-bond acceptors (Lipinski definition) is 4. The molecule has 0 bridgehead atoms. The number of hydrogen-bond donors (Lipinski definition) is 3. The standard InChI is InChI=1S/C18H24N2O4/c1-11-2-5-16(21)15(6-11)18(24)19-13-7-14(8-13)20(10-17(22)23)9-12-3-4-12/h2,5-6,12-14,21H,3-4,7-10H2,1H3,(H,19,24)(H,22,23). The number of amides is 1. The molecule has 2 aliphatic rings. The Balaban J connectivity index is 1.52. The molecular weight excluding hydrogens is 308 g/mol. The van der Waals surface area contributed by atoms with E-state index in [2.05, 4.69) is 5.32 Å². The fraction of sp³-hybridized carbons (Fsp3) is 0.556. The van der Waals surface area contributed by atoms with Gasteiger partial charge in [0.05, 0.1) is 12.1 Å². The number of benzene rings is 1. The van der Waals surface area contributed by atoms with E-state index < -0.39 is 5.97 Å². The highest BCUT2D eigenvalue weighted by Crippen LogP contribution is 2.34. The minimum atomic E-state index is -0.798. The van der Waals surface area contributed by atoms with Crippen LogP contribution in [0.5, 0.6) is 5.75 Å². The molecule has 6 nitrogen and oxygen atoms in total. The Morgan fingerprint density at radius 1 is 1.29 bits per heavy atom. The largest absolute Gasteiger partial charge is 0.507 e. The van der Waals surface area contributed by atoms with Gasteiger partial charge in [-0.1, -0.05) is 11.6 Å². The van der Waals surface area contributed by atoms with Gasteiger partial charge in [-0.15, -0.1) is 0 Å². The summed E-state index contributed by atoms with van der Waals surface area (Å²) in [5.74, 6) is -0.447. The average Bonchev–Trinajstić information content (AvgIpc) is 3.27. The van der Waals surface area contributed by atoms with Crippen molar-refractivity contribution < 1.29 is 19.8 Å². The van der Waals surface area contributed by atoms with Crippen LogP contribution in [0.15, 0.2) is 18.2 Å². The molecule has 130 valence electrons. The van der Waals surface area contributed by atoms with E-state index in [0.29, 0.717) is 11.5 Å². The molecule has 24 heavy (non-hydrogen) atoms. The number of carboxylic acids is 1. The van der Waals surface area contributed by atoms with Crippen molar-refractivity contribution in [3.63, 3.8) is 0 Å². The summed E-state index contributed by atoms with van der Waals surface area (Å²) >= 11 is 0. The topological polar surface area (TPSA) is 89.9 Å². The molecule has 3 rings (SSSR count). The number of aromatic hydroxyl groups is 1. The summed E-state index contributed by atoms with van der Waals surface area (Å²) in [6, 6.07) is 5.21. The number of nitrogens with one attached hydrogen (secondary N) is 1. The van der Waals surface area contributed by atoms with Crippen molar-refractivity contribution in [2.45, 2.75) is 44.7 Å². The molecule has 0 aromatic heterocycles. The van der Waals surface area contributed by atoms with Gasteiger partial charge in [0.15, 0.2) is 0 Å². The first-order chi connectivity index (χ1) is 11.4. The fourth-order valence-electron chi connectivity index (χ4n) is 3.25. The minimum absolute atomic E-state index is 0.0183. The Labute approximate surface area is 141 Å². The van der Waals surface area contributed by atoms with Crippen LogP contribution in [0.3, 0.4) is 0 Å². The summed E-state index contributed by atoms with van der Waals surface area (Å²) < 4.78 is 0. The number of aryl methyl sites for hydroxylation is 1. The Bertz CT molecular complexity index is 636. The van der Waals surface area contributed by atoms with Crippen molar-refractivity contribution in [2.24, 2.45) is 5.92 Å². The van der Waals surface area contributed by atoms with Crippen LogP contribution in [0.4, 0.5) is 0 Å². The van der Waals surface area contributed by atoms with Crippen LogP contribution in [-0.2, 0) is 4.79 Å². The minimum Gasteiger partial charge on any atom is -0.507 e. The van der Waals surface area contributed by atoms with Crippen molar-refractivity contribution in [1.82, 2.24) is 10.2 Å². The lowest BCUT2D eigenvalue weighted by Crippen LogP contribution is -2.55. The van der Waals surface area contributed by atoms with Gasteiger partial charge in [-0.25, -0.2) is 0 Å². The summed E-state index contributed by atoms with van der Waals surface area (Å²) in [7, 11) is 0. The molecule has 6 heteroatoms. The van der Waals surface area contributed by atoms with Gasteiger partial charge in [-0.2, -0.15) is 0 Å². The molecule has 0 unspecified atom stereocenters. The third-order valence-electron chi connectivity index (χ3n) is 4.89. The Hall–Kier alpha value is -2.08. The van der Waals surface area contributed by atoms with Gasteiger partial charge < -0.3 is 15.5 Å². The predicted molar refractivity (Wildman–Crippen MR) is 89.1 cm³/mol. The number of phenolic OH excluding ortho intramolecular Hbond substituents is 1. The first-order valence-electron chi connectivity index (χ1n) is 8.48. The van der Waals surface area contributed by atoms with Gasteiger partial charge in [-0.05, 0) is 50.7 Å². The van der Waals surface area contributed by atoms with Crippen LogP contribution >= 0.6 is 0 Å². The zero-order valence-electron chi connectivity index (χ0n) is 13.9. The fourth-order valence-corrected chi connectivity index (χ4v) is 3.25. The van der Waals surface area contributed by atoms with Gasteiger partial charge in [0.1, 0.15) is 5.75 Å². The highest BCUT2D eigenvalue weighted by Gasteiger charge is 2.37. The molecule has 0 aliphatic heterocycles. The molecule has 3 N–H and O–H groups in total. The second-order valence-electron chi connectivity index (χ2n) is 7.08. The first kappa shape index (κ1) is 16.8. The highest BCUT2D eigenvalue weighted by molar-refractivity contribution is 5.97. The van der Waals surface area contributed by atoms with Crippen molar-refractivity contribution in [3.05, 3.63) is 29.3 Å². The van der Waals surface area contributed by atoms with Crippen LogP contribution < -0.4 is 5.32 Å². The summed E-state index contributed by atoms with van der Waals surface area (Å²) in [4.78, 5) is 25.3. The first-order valence-corrected chi connectivity index (χ1v) is 8.48.